The number of halogens is 1. The second-order valence-electron chi connectivity index (χ2n) is 37.3. The highest BCUT2D eigenvalue weighted by molar-refractivity contribution is 6.01. The standard InChI is InChI=1S/C29H37N7O3.C26H33N5O3.C25H30FN5O2.C25H31N5O2/c1-19-15-22(16-20(2)26(19)37)18-31-28-25(27(30)38)24(32-33-28)17-21-5-7-23(8-6-21)34-11-13-36(14-12-34)29(39)35-9-3-4-10-35;1-14-7-19(8-15(2)24(14)32)13-29-26-23(25(27)33)22(30-31-26)11-18-5-6-21(28-12-18)20-9-16(3)34-17(4)10-20;1-15-11-18(12-16(2)23(15)32)14-28-25-22(24(27)33)21(29-30-25)13-17-3-5-20(6-4-17)31-9-7-19(26)8-10-31;1-16-12-19(13-17(2)23(16)31)15-27-25-22(24(26)32)21(28-29-25)14-18-6-8-20(9-7-18)30-10-4-3-5-11-30/h5-8,15-16,37H,3-4,9-14,17-18H2,1-2H3,(H2,30,38)(H2,31,32,33);5-8,12,16-17,20,32H,9-11,13H2,1-4H3,(H2,27,33)(H2,29,30,31);3-6,11-12,19,32H,7-10,13-14H2,1-2H3,(H2,27,33)(H2,28,29,30);6-9,12-13,31H,3-5,10-11,14-15H2,1-2H3,(H2,26,32)(H2,27,28,29)/t;16-,17+,20?;;. The quantitative estimate of drug-likeness (QED) is 0.0216. The molecule has 728 valence electrons. The van der Waals surface area contributed by atoms with Crippen molar-refractivity contribution in [1.29, 1.82) is 0 Å². The number of benzene rings is 7. The maximum atomic E-state index is 13.4. The van der Waals surface area contributed by atoms with Gasteiger partial charge in [-0.3, -0.25) is 44.6 Å². The molecule has 5 aromatic heterocycles. The van der Waals surface area contributed by atoms with Gasteiger partial charge in [0.05, 0.1) is 35.0 Å². The van der Waals surface area contributed by atoms with E-state index in [1.165, 1.54) is 24.9 Å². The predicted molar refractivity (Wildman–Crippen MR) is 537 cm³/mol. The number of aromatic nitrogens is 9. The maximum Gasteiger partial charge on any atom is 0.320 e. The van der Waals surface area contributed by atoms with Crippen LogP contribution in [0.15, 0.2) is 140 Å². The minimum Gasteiger partial charge on any atom is -0.507 e. The molecule has 0 spiro atoms. The van der Waals surface area contributed by atoms with Crippen molar-refractivity contribution in [3.63, 3.8) is 0 Å². The van der Waals surface area contributed by atoms with Crippen LogP contribution in [-0.2, 0) is 56.6 Å². The van der Waals surface area contributed by atoms with Crippen LogP contribution in [0.1, 0.15) is 236 Å². The number of hydrogen-bond acceptors (Lipinski definition) is 22. The fourth-order valence-electron chi connectivity index (χ4n) is 19.2. The molecule has 7 aromatic carbocycles. The number of nitrogens with two attached hydrogens (primary N) is 4. The number of rotatable bonds is 28. The Balaban J connectivity index is 0.000000147. The Hall–Kier alpha value is -14.6. The number of primary amides is 4. The van der Waals surface area contributed by atoms with E-state index in [4.69, 9.17) is 32.7 Å². The van der Waals surface area contributed by atoms with Crippen LogP contribution in [0.25, 0.3) is 0 Å². The smallest absolute Gasteiger partial charge is 0.320 e. The minimum absolute atomic E-state index is 0.175. The Bertz CT molecular complexity index is 6140. The summed E-state index contributed by atoms with van der Waals surface area (Å²) >= 11 is 0. The molecule has 1 unspecified atom stereocenters. The number of hydrogen-bond donors (Lipinski definition) is 16. The van der Waals surface area contributed by atoms with Crippen LogP contribution < -0.4 is 58.9 Å². The van der Waals surface area contributed by atoms with Crippen molar-refractivity contribution in [2.75, 3.05) is 101 Å². The third kappa shape index (κ3) is 25.2. The Kier molecular flexibility index (Phi) is 32.6. The summed E-state index contributed by atoms with van der Waals surface area (Å²) in [6, 6.07) is 44.4. The van der Waals surface area contributed by atoms with Crippen LogP contribution >= 0.6 is 0 Å². The molecule has 3 atom stereocenters. The SMILES string of the molecule is Cc1cc(CNc2n[nH]c(Cc3ccc(C4C[C@@H](C)O[C@@H](C)C4)nc3)c2C(N)=O)cc(C)c1O.Cc1cc(CNc2n[nH]c(Cc3ccc(N4CCC(F)CC4)cc3)c2C(N)=O)cc(C)c1O.Cc1cc(CNc2n[nH]c(Cc3ccc(N4CCCCC4)cc3)c2C(N)=O)cc(C)c1O.Cc1cc(CNc2n[nH]c(Cc3ccc(N4CCN(C(=O)N5CCCC5)CC4)cc3)c2C(N)=O)cc(C)c1O. The molecule has 5 fully saturated rings. The average molecular weight is 1880 g/mol. The van der Waals surface area contributed by atoms with Gasteiger partial charge in [0.25, 0.3) is 23.6 Å². The minimum atomic E-state index is -0.696. The Morgan fingerprint density at radius 3 is 0.942 bits per heavy atom. The third-order valence-electron chi connectivity index (χ3n) is 26.5. The van der Waals surface area contributed by atoms with Gasteiger partial charge in [0.1, 0.15) is 51.4 Å². The summed E-state index contributed by atoms with van der Waals surface area (Å²) in [6.07, 6.45) is 12.7. The molecule has 12 aromatic rings. The number of aromatic amines is 4. The molecular formula is C105H131FN22O10. The first-order valence-corrected chi connectivity index (χ1v) is 47.6. The molecule has 5 aliphatic rings. The highest BCUT2D eigenvalue weighted by Gasteiger charge is 2.31. The van der Waals surface area contributed by atoms with Crippen molar-refractivity contribution in [1.82, 2.24) is 55.6 Å². The number of piperazine rings is 1. The first-order chi connectivity index (χ1) is 66.2. The molecule has 0 bridgehead atoms. The Labute approximate surface area is 804 Å². The van der Waals surface area contributed by atoms with E-state index in [0.717, 1.165) is 197 Å². The molecule has 32 nitrogen and oxygen atoms in total. The van der Waals surface area contributed by atoms with E-state index < -0.39 is 29.8 Å². The summed E-state index contributed by atoms with van der Waals surface area (Å²) in [4.78, 5) is 77.2. The van der Waals surface area contributed by atoms with Gasteiger partial charge in [0.2, 0.25) is 0 Å². The van der Waals surface area contributed by atoms with Crippen LogP contribution in [0.3, 0.4) is 0 Å². The van der Waals surface area contributed by atoms with Crippen LogP contribution in [0.4, 0.5) is 49.5 Å². The normalized spacial score (nSPS) is 16.1. The number of phenolic OH excluding ortho intramolecular Hbond substituents is 4. The lowest BCUT2D eigenvalue weighted by molar-refractivity contribution is -0.0385. The molecule has 5 saturated heterocycles. The van der Waals surface area contributed by atoms with Crippen molar-refractivity contribution in [3.05, 3.63) is 279 Å². The number of nitrogens with zero attached hydrogens (tertiary/aromatic N) is 10. The Morgan fingerprint density at radius 1 is 0.370 bits per heavy atom. The van der Waals surface area contributed by atoms with Crippen LogP contribution in [-0.4, -0.2) is 189 Å². The second kappa shape index (κ2) is 45.4. The van der Waals surface area contributed by atoms with Gasteiger partial charge in [0.15, 0.2) is 23.3 Å². The molecule has 33 heteroatoms. The topological polar surface area (TPSA) is 472 Å². The molecule has 5 aliphatic heterocycles. The summed E-state index contributed by atoms with van der Waals surface area (Å²) in [5.74, 6) is 1.11. The molecule has 10 heterocycles. The predicted octanol–water partition coefficient (Wildman–Crippen LogP) is 15.5. The highest BCUT2D eigenvalue weighted by atomic mass is 19.1. The van der Waals surface area contributed by atoms with Crippen molar-refractivity contribution >= 4 is 70.0 Å². The molecule has 138 heavy (non-hydrogen) atoms. The number of piperidine rings is 2. The first-order valence-electron chi connectivity index (χ1n) is 47.6. The van der Waals surface area contributed by atoms with Crippen molar-refractivity contribution in [2.24, 2.45) is 22.9 Å². The number of phenols is 4. The number of aryl methyl sites for hydroxylation is 8. The number of pyridine rings is 1. The molecule has 17 rings (SSSR count). The van der Waals surface area contributed by atoms with E-state index in [9.17, 15) is 48.8 Å². The fraction of sp³-hybridized carbons (Fsp3) is 0.390. The van der Waals surface area contributed by atoms with Crippen molar-refractivity contribution in [3.8, 4) is 23.0 Å². The average Bonchev–Trinajstić information content (AvgIpc) is 1.79. The van der Waals surface area contributed by atoms with E-state index >= 15 is 0 Å². The van der Waals surface area contributed by atoms with E-state index in [1.807, 2.05) is 150 Å². The number of carbonyl (C=O) groups excluding carboxylic acids is 5. The number of aromatic hydroxyl groups is 4. The number of nitrogens with one attached hydrogen (secondary N) is 8. The number of amides is 6. The van der Waals surface area contributed by atoms with Crippen molar-refractivity contribution < 1.29 is 53.5 Å². The molecular weight excluding hydrogens is 1750 g/mol. The molecule has 0 saturated carbocycles. The van der Waals surface area contributed by atoms with Gasteiger partial charge in [-0.2, -0.15) is 20.4 Å². The summed E-state index contributed by atoms with van der Waals surface area (Å²) in [5, 5.41) is 81.8. The maximum absolute atomic E-state index is 13.4. The van der Waals surface area contributed by atoms with E-state index in [1.54, 1.807) is 0 Å². The first kappa shape index (κ1) is 99.3. The molecule has 20 N–H and O–H groups in total. The molecule has 0 radical (unpaired) electrons. The van der Waals surface area contributed by atoms with Gasteiger partial charge >= 0.3 is 6.03 Å². The van der Waals surface area contributed by atoms with Gasteiger partial charge in [-0.1, -0.05) is 91.0 Å². The number of likely N-dealkylation sites (tertiary alicyclic amines) is 1. The highest BCUT2D eigenvalue weighted by Crippen LogP contribution is 2.36. The van der Waals surface area contributed by atoms with Gasteiger partial charge in [-0.15, -0.1) is 0 Å². The zero-order chi connectivity index (χ0) is 98.1. The zero-order valence-corrected chi connectivity index (χ0v) is 80.6. The number of H-pyrrole nitrogens is 4. The number of anilines is 7. The number of alkyl halides is 1. The van der Waals surface area contributed by atoms with E-state index in [-0.39, 0.29) is 24.0 Å². The van der Waals surface area contributed by atoms with Gasteiger partial charge in [-0.05, 0) is 259 Å². The summed E-state index contributed by atoms with van der Waals surface area (Å²) in [6.45, 7) is 29.4. The van der Waals surface area contributed by atoms with Crippen LogP contribution in [0, 0.1) is 55.4 Å². The number of carbonyl (C=O) groups is 5. The summed E-state index contributed by atoms with van der Waals surface area (Å²) < 4.78 is 19.2. The van der Waals surface area contributed by atoms with Gasteiger partial charge in [0, 0.05) is 152 Å². The summed E-state index contributed by atoms with van der Waals surface area (Å²) in [7, 11) is 0. The van der Waals surface area contributed by atoms with Gasteiger partial charge < -0.3 is 93.9 Å². The lowest BCUT2D eigenvalue weighted by Crippen LogP contribution is -2.52. The molecule has 6 amide bonds. The lowest BCUT2D eigenvalue weighted by Gasteiger charge is -2.37. The van der Waals surface area contributed by atoms with E-state index in [2.05, 4.69) is 145 Å². The molecule has 0 aliphatic carbocycles. The largest absolute Gasteiger partial charge is 0.507 e. The van der Waals surface area contributed by atoms with E-state index in [0.29, 0.717) is 156 Å². The van der Waals surface area contributed by atoms with Crippen LogP contribution in [0.2, 0.25) is 0 Å². The van der Waals surface area contributed by atoms with Gasteiger partial charge in [-0.25, -0.2) is 9.18 Å². The zero-order valence-electron chi connectivity index (χ0n) is 80.6. The van der Waals surface area contributed by atoms with Crippen molar-refractivity contribution in [2.45, 2.75) is 203 Å². The Morgan fingerprint density at radius 2 is 0.645 bits per heavy atom. The fourth-order valence-corrected chi connectivity index (χ4v) is 19.2. The number of urea groups is 1. The second-order valence-corrected chi connectivity index (χ2v) is 37.3. The van der Waals surface area contributed by atoms with Crippen LogP contribution in [0.5, 0.6) is 23.0 Å². The number of ether oxygens (including phenoxy) is 1. The summed E-state index contributed by atoms with van der Waals surface area (Å²) in [5.41, 5.74) is 45.8. The lowest BCUT2D eigenvalue weighted by atomic mass is 9.89. The monoisotopic (exact) mass is 1880 g/mol. The third-order valence-corrected chi connectivity index (χ3v) is 26.5.